The first-order chi connectivity index (χ1) is 11.5. The fourth-order valence-electron chi connectivity index (χ4n) is 2.50. The zero-order chi connectivity index (χ0) is 17.2. The Morgan fingerprint density at radius 1 is 1.08 bits per heavy atom. The lowest BCUT2D eigenvalue weighted by Crippen LogP contribution is -2.14. The van der Waals surface area contributed by atoms with E-state index in [-0.39, 0.29) is 4.90 Å². The SMILES string of the molecule is CNc1nc(-c2ccccc2)c(Cc2ccccc2S(N)(=O)=O)s1. The molecule has 7 heteroatoms. The Balaban J connectivity index is 2.08. The van der Waals surface area contributed by atoms with Crippen LogP contribution in [0.5, 0.6) is 0 Å². The minimum atomic E-state index is -3.76. The minimum absolute atomic E-state index is 0.156. The van der Waals surface area contributed by atoms with Crippen LogP contribution in [0.25, 0.3) is 11.3 Å². The van der Waals surface area contributed by atoms with Crippen molar-refractivity contribution in [2.24, 2.45) is 5.14 Å². The zero-order valence-electron chi connectivity index (χ0n) is 13.1. The Bertz CT molecular complexity index is 951. The molecule has 0 aliphatic rings. The molecule has 24 heavy (non-hydrogen) atoms. The lowest BCUT2D eigenvalue weighted by molar-refractivity contribution is 0.597. The van der Waals surface area contributed by atoms with Crippen molar-refractivity contribution in [2.75, 3.05) is 12.4 Å². The van der Waals surface area contributed by atoms with Crippen molar-refractivity contribution in [1.82, 2.24) is 4.98 Å². The van der Waals surface area contributed by atoms with E-state index >= 15 is 0 Å². The first-order valence-electron chi connectivity index (χ1n) is 7.32. The largest absolute Gasteiger partial charge is 0.365 e. The third-order valence-electron chi connectivity index (χ3n) is 3.59. The van der Waals surface area contributed by atoms with Crippen molar-refractivity contribution in [3.63, 3.8) is 0 Å². The smallest absolute Gasteiger partial charge is 0.238 e. The van der Waals surface area contributed by atoms with Gasteiger partial charge in [-0.1, -0.05) is 48.5 Å². The highest BCUT2D eigenvalue weighted by molar-refractivity contribution is 7.89. The van der Waals surface area contributed by atoms with E-state index in [1.54, 1.807) is 12.1 Å². The molecule has 0 saturated carbocycles. The summed E-state index contributed by atoms with van der Waals surface area (Å²) < 4.78 is 23.6. The predicted octanol–water partition coefficient (Wildman–Crippen LogP) is 3.09. The minimum Gasteiger partial charge on any atom is -0.365 e. The van der Waals surface area contributed by atoms with Crippen LogP contribution in [-0.2, 0) is 16.4 Å². The maximum absolute atomic E-state index is 11.8. The summed E-state index contributed by atoms with van der Waals surface area (Å²) in [5.41, 5.74) is 2.52. The van der Waals surface area contributed by atoms with Gasteiger partial charge < -0.3 is 5.32 Å². The van der Waals surface area contributed by atoms with E-state index in [2.05, 4.69) is 10.3 Å². The van der Waals surface area contributed by atoms with E-state index in [1.165, 1.54) is 17.4 Å². The molecule has 0 aliphatic heterocycles. The lowest BCUT2D eigenvalue weighted by atomic mass is 10.1. The highest BCUT2D eigenvalue weighted by Crippen LogP contribution is 2.33. The lowest BCUT2D eigenvalue weighted by Gasteiger charge is -2.07. The topological polar surface area (TPSA) is 85.1 Å². The number of nitrogens with one attached hydrogen (secondary N) is 1. The van der Waals surface area contributed by atoms with Crippen LogP contribution in [0, 0.1) is 0 Å². The molecular formula is C17H17N3O2S2. The molecule has 0 radical (unpaired) electrons. The number of hydrogen-bond acceptors (Lipinski definition) is 5. The third kappa shape index (κ3) is 3.48. The van der Waals surface area contributed by atoms with Gasteiger partial charge in [-0.25, -0.2) is 18.5 Å². The number of nitrogens with two attached hydrogens (primary N) is 1. The van der Waals surface area contributed by atoms with Crippen LogP contribution in [0.3, 0.4) is 0 Å². The number of aromatic nitrogens is 1. The second kappa shape index (κ2) is 6.72. The number of nitrogens with zero attached hydrogens (tertiary/aromatic N) is 1. The van der Waals surface area contributed by atoms with Crippen molar-refractivity contribution in [1.29, 1.82) is 0 Å². The van der Waals surface area contributed by atoms with Gasteiger partial charge in [0, 0.05) is 23.9 Å². The van der Waals surface area contributed by atoms with E-state index in [9.17, 15) is 8.42 Å². The van der Waals surface area contributed by atoms with E-state index in [1.807, 2.05) is 43.4 Å². The maximum atomic E-state index is 11.8. The van der Waals surface area contributed by atoms with Crippen molar-refractivity contribution in [3.05, 3.63) is 65.0 Å². The molecule has 3 N–H and O–H groups in total. The molecule has 0 spiro atoms. The van der Waals surface area contributed by atoms with Gasteiger partial charge in [-0.05, 0) is 11.6 Å². The number of benzene rings is 2. The van der Waals surface area contributed by atoms with Gasteiger partial charge in [-0.15, -0.1) is 11.3 Å². The summed E-state index contributed by atoms with van der Waals surface area (Å²) in [7, 11) is -1.95. The van der Waals surface area contributed by atoms with Crippen LogP contribution < -0.4 is 10.5 Å². The fraction of sp³-hybridized carbons (Fsp3) is 0.118. The van der Waals surface area contributed by atoms with Crippen LogP contribution >= 0.6 is 11.3 Å². The van der Waals surface area contributed by atoms with Crippen LogP contribution in [0.2, 0.25) is 0 Å². The number of rotatable bonds is 5. The number of sulfonamides is 1. The highest BCUT2D eigenvalue weighted by atomic mass is 32.2. The molecule has 0 aliphatic carbocycles. The second-order valence-electron chi connectivity index (χ2n) is 5.24. The van der Waals surface area contributed by atoms with Gasteiger partial charge in [0.05, 0.1) is 10.6 Å². The van der Waals surface area contributed by atoms with E-state index in [0.29, 0.717) is 12.0 Å². The van der Waals surface area contributed by atoms with Crippen molar-refractivity contribution >= 4 is 26.5 Å². The number of hydrogen-bond donors (Lipinski definition) is 2. The molecule has 0 amide bonds. The zero-order valence-corrected chi connectivity index (χ0v) is 14.7. The summed E-state index contributed by atoms with van der Waals surface area (Å²) in [5.74, 6) is 0. The van der Waals surface area contributed by atoms with Crippen molar-refractivity contribution in [2.45, 2.75) is 11.3 Å². The van der Waals surface area contributed by atoms with E-state index in [4.69, 9.17) is 5.14 Å². The summed E-state index contributed by atoms with van der Waals surface area (Å²) in [6, 6.07) is 16.6. The Labute approximate surface area is 145 Å². The first kappa shape index (κ1) is 16.6. The Morgan fingerprint density at radius 2 is 1.75 bits per heavy atom. The van der Waals surface area contributed by atoms with E-state index < -0.39 is 10.0 Å². The molecule has 124 valence electrons. The average Bonchev–Trinajstić information content (AvgIpc) is 2.98. The molecule has 1 heterocycles. The molecule has 3 rings (SSSR count). The first-order valence-corrected chi connectivity index (χ1v) is 9.69. The van der Waals surface area contributed by atoms with Gasteiger partial charge >= 0.3 is 0 Å². The van der Waals surface area contributed by atoms with Crippen LogP contribution in [-0.4, -0.2) is 20.4 Å². The molecule has 3 aromatic rings. The number of primary sulfonamides is 1. The second-order valence-corrected chi connectivity index (χ2v) is 7.85. The van der Waals surface area contributed by atoms with Crippen molar-refractivity contribution < 1.29 is 8.42 Å². The molecule has 0 atom stereocenters. The third-order valence-corrected chi connectivity index (χ3v) is 5.67. The monoisotopic (exact) mass is 359 g/mol. The van der Waals surface area contributed by atoms with Crippen LogP contribution in [0.4, 0.5) is 5.13 Å². The van der Waals surface area contributed by atoms with Crippen LogP contribution in [0.15, 0.2) is 59.5 Å². The van der Waals surface area contributed by atoms with Gasteiger partial charge in [0.2, 0.25) is 10.0 Å². The Morgan fingerprint density at radius 3 is 2.42 bits per heavy atom. The molecule has 5 nitrogen and oxygen atoms in total. The summed E-state index contributed by atoms with van der Waals surface area (Å²) in [4.78, 5) is 5.76. The molecule has 0 fully saturated rings. The Hall–Kier alpha value is -2.22. The highest BCUT2D eigenvalue weighted by Gasteiger charge is 2.18. The predicted molar refractivity (Wildman–Crippen MR) is 97.7 cm³/mol. The molecular weight excluding hydrogens is 342 g/mol. The van der Waals surface area contributed by atoms with Gasteiger partial charge in [0.1, 0.15) is 0 Å². The summed E-state index contributed by atoms with van der Waals surface area (Å²) >= 11 is 1.51. The summed E-state index contributed by atoms with van der Waals surface area (Å²) in [6.07, 6.45) is 0.455. The van der Waals surface area contributed by atoms with E-state index in [0.717, 1.165) is 21.3 Å². The number of anilines is 1. The number of thiazole rings is 1. The van der Waals surface area contributed by atoms with Gasteiger partial charge in [0.15, 0.2) is 5.13 Å². The molecule has 0 bridgehead atoms. The summed E-state index contributed by atoms with van der Waals surface area (Å²) in [5, 5.41) is 9.18. The van der Waals surface area contributed by atoms with Crippen molar-refractivity contribution in [3.8, 4) is 11.3 Å². The van der Waals surface area contributed by atoms with Gasteiger partial charge in [-0.3, -0.25) is 0 Å². The molecule has 1 aromatic heterocycles. The van der Waals surface area contributed by atoms with Crippen LogP contribution in [0.1, 0.15) is 10.4 Å². The van der Waals surface area contributed by atoms with Gasteiger partial charge in [0.25, 0.3) is 0 Å². The normalized spacial score (nSPS) is 11.4. The molecule has 0 saturated heterocycles. The average molecular weight is 359 g/mol. The quantitative estimate of drug-likeness (QED) is 0.733. The Kier molecular flexibility index (Phi) is 4.66. The molecule has 0 unspecified atom stereocenters. The maximum Gasteiger partial charge on any atom is 0.238 e. The molecule has 2 aromatic carbocycles. The van der Waals surface area contributed by atoms with Gasteiger partial charge in [-0.2, -0.15) is 0 Å². The standard InChI is InChI=1S/C17H17N3O2S2/c1-19-17-20-16(12-7-3-2-4-8-12)14(23-17)11-13-9-5-6-10-15(13)24(18,21)22/h2-10H,11H2,1H3,(H,19,20)(H2,18,21,22). The fourth-order valence-corrected chi connectivity index (χ4v) is 4.23. The summed E-state index contributed by atoms with van der Waals surface area (Å²) in [6.45, 7) is 0.